The first-order valence-corrected chi connectivity index (χ1v) is 6.98. The Bertz CT molecular complexity index is 470. The Morgan fingerprint density at radius 1 is 1.35 bits per heavy atom. The number of halogens is 1. The number of rotatable bonds is 4. The fourth-order valence-corrected chi connectivity index (χ4v) is 2.45. The Kier molecular flexibility index (Phi) is 4.82. The van der Waals surface area contributed by atoms with Crippen LogP contribution in [-0.2, 0) is 9.53 Å². The van der Waals surface area contributed by atoms with Crippen LogP contribution in [0.2, 0.25) is 0 Å². The van der Waals surface area contributed by atoms with Gasteiger partial charge < -0.3 is 15.2 Å². The number of nitrogens with two attached hydrogens (primary N) is 1. The van der Waals surface area contributed by atoms with Gasteiger partial charge in [-0.25, -0.2) is 4.39 Å². The zero-order valence-electron chi connectivity index (χ0n) is 11.6. The second kappa shape index (κ2) is 6.59. The van der Waals surface area contributed by atoms with Crippen molar-refractivity contribution in [3.8, 4) is 5.75 Å². The molecule has 0 radical (unpaired) electrons. The number of nitrogen functional groups attached to an aromatic ring is 1. The number of carbonyl (C=O) groups is 1. The highest BCUT2D eigenvalue weighted by atomic mass is 19.1. The Morgan fingerprint density at radius 3 is 2.65 bits per heavy atom. The molecular weight excluding hydrogens is 261 g/mol. The molecule has 20 heavy (non-hydrogen) atoms. The lowest BCUT2D eigenvalue weighted by Crippen LogP contribution is -2.29. The normalized spacial score (nSPS) is 22.3. The van der Waals surface area contributed by atoms with Crippen molar-refractivity contribution in [3.63, 3.8) is 0 Å². The molecule has 5 heteroatoms. The van der Waals surface area contributed by atoms with Crippen LogP contribution in [0.5, 0.6) is 5.75 Å². The van der Waals surface area contributed by atoms with Crippen molar-refractivity contribution in [2.75, 3.05) is 12.3 Å². The average molecular weight is 281 g/mol. The summed E-state index contributed by atoms with van der Waals surface area (Å²) in [6, 6.07) is 4.46. The van der Waals surface area contributed by atoms with E-state index in [2.05, 4.69) is 0 Å². The molecule has 1 aromatic rings. The van der Waals surface area contributed by atoms with Gasteiger partial charge in [-0.05, 0) is 44.7 Å². The first-order valence-electron chi connectivity index (χ1n) is 6.98. The molecule has 1 aromatic carbocycles. The van der Waals surface area contributed by atoms with Crippen LogP contribution < -0.4 is 10.5 Å². The Balaban J connectivity index is 1.85. The van der Waals surface area contributed by atoms with Gasteiger partial charge in [-0.15, -0.1) is 0 Å². The van der Waals surface area contributed by atoms with Gasteiger partial charge in [0, 0.05) is 6.07 Å². The molecule has 0 aromatic heterocycles. The molecule has 110 valence electrons. The van der Waals surface area contributed by atoms with Crippen LogP contribution in [0.4, 0.5) is 10.1 Å². The molecule has 0 bridgehead atoms. The van der Waals surface area contributed by atoms with Crippen LogP contribution >= 0.6 is 0 Å². The van der Waals surface area contributed by atoms with Crippen LogP contribution in [0.25, 0.3) is 0 Å². The predicted molar refractivity (Wildman–Crippen MR) is 73.8 cm³/mol. The topological polar surface area (TPSA) is 61.5 Å². The van der Waals surface area contributed by atoms with Crippen molar-refractivity contribution < 1.29 is 18.7 Å². The zero-order valence-corrected chi connectivity index (χ0v) is 11.6. The summed E-state index contributed by atoms with van der Waals surface area (Å²) in [5.74, 6) is -0.138. The minimum atomic E-state index is -0.470. The van der Waals surface area contributed by atoms with E-state index in [1.165, 1.54) is 12.1 Å². The third-order valence-corrected chi connectivity index (χ3v) is 3.57. The molecule has 0 atom stereocenters. The molecular formula is C15H20FNO3. The number of esters is 1. The number of benzene rings is 1. The number of carbonyl (C=O) groups excluding carboxylic acids is 1. The van der Waals surface area contributed by atoms with E-state index in [9.17, 15) is 9.18 Å². The van der Waals surface area contributed by atoms with Crippen molar-refractivity contribution in [2.24, 2.45) is 5.92 Å². The van der Waals surface area contributed by atoms with Crippen molar-refractivity contribution in [2.45, 2.75) is 38.7 Å². The van der Waals surface area contributed by atoms with Crippen molar-refractivity contribution in [1.82, 2.24) is 0 Å². The molecule has 1 aliphatic carbocycles. The summed E-state index contributed by atoms with van der Waals surface area (Å²) in [6.07, 6.45) is 3.07. The van der Waals surface area contributed by atoms with Crippen LogP contribution in [0, 0.1) is 11.7 Å². The predicted octanol–water partition coefficient (Wildman–Crippen LogP) is 2.91. The summed E-state index contributed by atoms with van der Waals surface area (Å²) in [7, 11) is 0. The highest BCUT2D eigenvalue weighted by Crippen LogP contribution is 2.29. The summed E-state index contributed by atoms with van der Waals surface area (Å²) in [5.41, 5.74) is 5.53. The number of hydrogen-bond acceptors (Lipinski definition) is 4. The largest absolute Gasteiger partial charge is 0.490 e. The lowest BCUT2D eigenvalue weighted by atomic mass is 9.87. The van der Waals surface area contributed by atoms with Crippen LogP contribution in [-0.4, -0.2) is 18.7 Å². The summed E-state index contributed by atoms with van der Waals surface area (Å²) in [5, 5.41) is 0. The molecule has 0 heterocycles. The maximum atomic E-state index is 13.3. The van der Waals surface area contributed by atoms with Gasteiger partial charge in [-0.3, -0.25) is 4.79 Å². The van der Waals surface area contributed by atoms with Crippen molar-refractivity contribution >= 4 is 11.7 Å². The molecule has 4 nitrogen and oxygen atoms in total. The van der Waals surface area contributed by atoms with Gasteiger partial charge in [0.1, 0.15) is 11.6 Å². The van der Waals surface area contributed by atoms with Crippen molar-refractivity contribution in [3.05, 3.63) is 24.0 Å². The van der Waals surface area contributed by atoms with Crippen molar-refractivity contribution in [1.29, 1.82) is 0 Å². The quantitative estimate of drug-likeness (QED) is 0.681. The molecule has 2 N–H and O–H groups in total. The maximum Gasteiger partial charge on any atom is 0.308 e. The summed E-state index contributed by atoms with van der Waals surface area (Å²) in [6.45, 7) is 2.22. The molecule has 1 fully saturated rings. The number of anilines is 1. The summed E-state index contributed by atoms with van der Waals surface area (Å²) < 4.78 is 24.1. The van der Waals surface area contributed by atoms with Gasteiger partial charge >= 0.3 is 5.97 Å². The molecule has 0 aliphatic heterocycles. The Morgan fingerprint density at radius 2 is 2.05 bits per heavy atom. The lowest BCUT2D eigenvalue weighted by Gasteiger charge is -2.27. The smallest absolute Gasteiger partial charge is 0.308 e. The van der Waals surface area contributed by atoms with E-state index in [1.807, 2.05) is 6.92 Å². The van der Waals surface area contributed by atoms with E-state index in [0.717, 1.165) is 25.7 Å². The summed E-state index contributed by atoms with van der Waals surface area (Å²) >= 11 is 0. The third kappa shape index (κ3) is 3.62. The maximum absolute atomic E-state index is 13.3. The molecule has 0 saturated heterocycles. The highest BCUT2D eigenvalue weighted by Gasteiger charge is 2.28. The first-order chi connectivity index (χ1) is 9.60. The third-order valence-electron chi connectivity index (χ3n) is 3.57. The Labute approximate surface area is 118 Å². The molecule has 1 aliphatic rings. The molecule has 0 spiro atoms. The minimum Gasteiger partial charge on any atom is -0.490 e. The van der Waals surface area contributed by atoms with Crippen LogP contribution in [0.15, 0.2) is 18.2 Å². The first kappa shape index (κ1) is 14.6. The van der Waals surface area contributed by atoms with Gasteiger partial charge in [0.15, 0.2) is 0 Å². The number of ether oxygens (including phenoxy) is 2. The molecule has 2 rings (SSSR count). The van der Waals surface area contributed by atoms with Crippen LogP contribution in [0.1, 0.15) is 32.6 Å². The Hall–Kier alpha value is -1.78. The number of hydrogen-bond donors (Lipinski definition) is 1. The lowest BCUT2D eigenvalue weighted by molar-refractivity contribution is -0.149. The van der Waals surface area contributed by atoms with Gasteiger partial charge in [0.2, 0.25) is 0 Å². The monoisotopic (exact) mass is 281 g/mol. The molecule has 1 saturated carbocycles. The fraction of sp³-hybridized carbons (Fsp3) is 0.533. The van der Waals surface area contributed by atoms with Gasteiger partial charge in [-0.1, -0.05) is 0 Å². The van der Waals surface area contributed by atoms with E-state index in [-0.39, 0.29) is 23.7 Å². The SMILES string of the molecule is CCOC(=O)[C@H]1CC[C@@H](Oc2ccc(N)c(F)c2)CC1. The second-order valence-electron chi connectivity index (χ2n) is 5.03. The van der Waals surface area contributed by atoms with E-state index >= 15 is 0 Å². The second-order valence-corrected chi connectivity index (χ2v) is 5.03. The zero-order chi connectivity index (χ0) is 14.5. The highest BCUT2D eigenvalue weighted by molar-refractivity contribution is 5.72. The van der Waals surface area contributed by atoms with E-state index in [1.54, 1.807) is 6.07 Å². The fourth-order valence-electron chi connectivity index (χ4n) is 2.45. The van der Waals surface area contributed by atoms with Gasteiger partial charge in [0.05, 0.1) is 24.3 Å². The average Bonchev–Trinajstić information content (AvgIpc) is 2.44. The standard InChI is InChI=1S/C15H20FNO3/c1-2-19-15(18)10-3-5-11(6-4-10)20-12-7-8-14(17)13(16)9-12/h7-11H,2-6,17H2,1H3/t10-,11+. The molecule has 0 unspecified atom stereocenters. The van der Waals surface area contributed by atoms with E-state index in [4.69, 9.17) is 15.2 Å². The van der Waals surface area contributed by atoms with E-state index in [0.29, 0.717) is 12.4 Å². The molecule has 0 amide bonds. The summed E-state index contributed by atoms with van der Waals surface area (Å²) in [4.78, 5) is 11.6. The van der Waals surface area contributed by atoms with Gasteiger partial charge in [0.25, 0.3) is 0 Å². The van der Waals surface area contributed by atoms with E-state index < -0.39 is 5.82 Å². The van der Waals surface area contributed by atoms with Crippen LogP contribution in [0.3, 0.4) is 0 Å². The minimum absolute atomic E-state index is 0.0173. The van der Waals surface area contributed by atoms with Gasteiger partial charge in [-0.2, -0.15) is 0 Å².